The fraction of sp³-hybridized carbons (Fsp3) is 0.467. The lowest BCUT2D eigenvalue weighted by Crippen LogP contribution is -2.52. The summed E-state index contributed by atoms with van der Waals surface area (Å²) >= 11 is 13.2. The zero-order chi connectivity index (χ0) is 31.0. The van der Waals surface area contributed by atoms with Gasteiger partial charge in [-0.2, -0.15) is 4.98 Å². The predicted octanol–water partition coefficient (Wildman–Crippen LogP) is 4.82. The molecule has 1 aromatic heterocycles. The molecule has 4 heterocycles. The molecule has 2 saturated heterocycles. The smallest absolute Gasteiger partial charge is 0.232 e. The van der Waals surface area contributed by atoms with Crippen molar-refractivity contribution in [2.45, 2.75) is 25.3 Å². The first-order valence-electron chi connectivity index (χ1n) is 14.8. The molecule has 11 nitrogen and oxygen atoms in total. The molecule has 14 heteroatoms. The van der Waals surface area contributed by atoms with E-state index in [0.717, 1.165) is 69.6 Å². The molecule has 0 bridgehead atoms. The Labute approximate surface area is 269 Å². The minimum absolute atomic E-state index is 0.270. The number of hydrogen-bond donors (Lipinski definition) is 2. The number of rotatable bonds is 8. The number of piperazine rings is 1. The van der Waals surface area contributed by atoms with E-state index in [1.54, 1.807) is 6.07 Å². The first-order valence-corrected chi connectivity index (χ1v) is 17.4. The van der Waals surface area contributed by atoms with Crippen molar-refractivity contribution in [3.8, 4) is 5.75 Å². The summed E-state index contributed by atoms with van der Waals surface area (Å²) in [4.78, 5) is 16.4. The molecule has 6 rings (SSSR count). The van der Waals surface area contributed by atoms with Gasteiger partial charge in [-0.15, -0.1) is 0 Å². The van der Waals surface area contributed by atoms with Crippen molar-refractivity contribution >= 4 is 67.7 Å². The lowest BCUT2D eigenvalue weighted by Gasteiger charge is -2.42. The number of fused-ring (bicyclic) bond motifs is 1. The molecule has 0 aliphatic carbocycles. The van der Waals surface area contributed by atoms with E-state index in [2.05, 4.69) is 48.4 Å². The van der Waals surface area contributed by atoms with Crippen molar-refractivity contribution in [2.75, 3.05) is 86.1 Å². The molecule has 44 heavy (non-hydrogen) atoms. The molecular formula is C30H38Cl2N8O3S. The SMILES string of the molecule is CN1CCN(C2CCN(c3ccc(Nc4ncc(Cl)c(Nc5cc6c(cc5N(C)S(C)(=O)=O)CCO6)n4)c(Cl)c3)CC2)CC1. The molecule has 0 radical (unpaired) electrons. The molecule has 2 aromatic carbocycles. The summed E-state index contributed by atoms with van der Waals surface area (Å²) in [6.45, 7) is 7.13. The molecule has 0 amide bonds. The highest BCUT2D eigenvalue weighted by atomic mass is 35.5. The van der Waals surface area contributed by atoms with Gasteiger partial charge >= 0.3 is 0 Å². The third-order valence-electron chi connectivity index (χ3n) is 8.72. The Morgan fingerprint density at radius 2 is 1.73 bits per heavy atom. The summed E-state index contributed by atoms with van der Waals surface area (Å²) in [6.07, 6.45) is 5.64. The van der Waals surface area contributed by atoms with Gasteiger partial charge in [-0.05, 0) is 49.7 Å². The van der Waals surface area contributed by atoms with Crippen LogP contribution in [-0.4, -0.2) is 100 Å². The molecule has 2 fully saturated rings. The van der Waals surface area contributed by atoms with Crippen LogP contribution in [0.15, 0.2) is 36.5 Å². The van der Waals surface area contributed by atoms with Crippen molar-refractivity contribution in [1.29, 1.82) is 0 Å². The van der Waals surface area contributed by atoms with Gasteiger partial charge in [-0.1, -0.05) is 23.2 Å². The molecule has 236 valence electrons. The van der Waals surface area contributed by atoms with Crippen molar-refractivity contribution in [2.24, 2.45) is 0 Å². The first-order chi connectivity index (χ1) is 21.0. The number of hydrogen-bond acceptors (Lipinski definition) is 10. The van der Waals surface area contributed by atoms with Crippen molar-refractivity contribution < 1.29 is 13.2 Å². The molecule has 0 spiro atoms. The van der Waals surface area contributed by atoms with Crippen LogP contribution in [0.3, 0.4) is 0 Å². The fourth-order valence-electron chi connectivity index (χ4n) is 5.99. The third kappa shape index (κ3) is 6.79. The largest absolute Gasteiger partial charge is 0.493 e. The highest BCUT2D eigenvalue weighted by Crippen LogP contribution is 2.39. The van der Waals surface area contributed by atoms with E-state index in [0.29, 0.717) is 52.7 Å². The van der Waals surface area contributed by atoms with Gasteiger partial charge in [-0.3, -0.25) is 9.21 Å². The molecule has 0 atom stereocenters. The highest BCUT2D eigenvalue weighted by Gasteiger charge is 2.27. The molecular weight excluding hydrogens is 623 g/mol. The van der Waals surface area contributed by atoms with Crippen LogP contribution in [0.5, 0.6) is 5.75 Å². The molecule has 0 saturated carbocycles. The van der Waals surface area contributed by atoms with E-state index in [1.165, 1.54) is 17.5 Å². The van der Waals surface area contributed by atoms with Gasteiger partial charge in [0.05, 0.1) is 41.1 Å². The van der Waals surface area contributed by atoms with E-state index >= 15 is 0 Å². The van der Waals surface area contributed by atoms with E-state index in [1.807, 2.05) is 18.2 Å². The Morgan fingerprint density at radius 1 is 0.977 bits per heavy atom. The minimum atomic E-state index is -3.52. The maximum Gasteiger partial charge on any atom is 0.232 e. The number of halogens is 2. The summed E-state index contributed by atoms with van der Waals surface area (Å²) in [5.74, 6) is 1.29. The number of piperidine rings is 1. The summed E-state index contributed by atoms with van der Waals surface area (Å²) in [5.41, 5.74) is 3.66. The van der Waals surface area contributed by atoms with Gasteiger partial charge < -0.3 is 25.2 Å². The number of aromatic nitrogens is 2. The summed E-state index contributed by atoms with van der Waals surface area (Å²) in [7, 11) is 0.182. The van der Waals surface area contributed by atoms with Gasteiger partial charge in [0.15, 0.2) is 5.82 Å². The maximum atomic E-state index is 12.4. The summed E-state index contributed by atoms with van der Waals surface area (Å²) in [5, 5.41) is 7.22. The second-order valence-corrected chi connectivity index (χ2v) is 14.5. The molecule has 2 N–H and O–H groups in total. The van der Waals surface area contributed by atoms with Crippen molar-refractivity contribution in [1.82, 2.24) is 19.8 Å². The zero-order valence-electron chi connectivity index (χ0n) is 25.2. The number of nitrogens with zero attached hydrogens (tertiary/aromatic N) is 6. The van der Waals surface area contributed by atoms with Gasteiger partial charge in [0.1, 0.15) is 10.8 Å². The standard InChI is InChI=1S/C30H38Cl2N8O3S/c1-37-11-13-40(14-12-37)21-6-9-39(10-7-21)22-4-5-25(23(31)17-22)35-30-33-19-24(32)29(36-30)34-26-18-28-20(8-15-43-28)16-27(26)38(2)44(3,41)42/h4-5,16-19,21H,6-15H2,1-3H3,(H2,33,34,35,36). The lowest BCUT2D eigenvalue weighted by atomic mass is 10.0. The summed E-state index contributed by atoms with van der Waals surface area (Å²) in [6, 6.07) is 10.2. The third-order valence-corrected chi connectivity index (χ3v) is 10.5. The Balaban J connectivity index is 1.15. The molecule has 3 aromatic rings. The van der Waals surface area contributed by atoms with E-state index < -0.39 is 10.0 Å². The van der Waals surface area contributed by atoms with Crippen molar-refractivity contribution in [3.63, 3.8) is 0 Å². The monoisotopic (exact) mass is 660 g/mol. The van der Waals surface area contributed by atoms with E-state index in [4.69, 9.17) is 27.9 Å². The van der Waals surface area contributed by atoms with Gasteiger partial charge in [0.2, 0.25) is 16.0 Å². The van der Waals surface area contributed by atoms with Crippen LogP contribution in [-0.2, 0) is 16.4 Å². The Hall–Kier alpha value is -3.03. The number of nitrogens with one attached hydrogen (secondary N) is 2. The van der Waals surface area contributed by atoms with Crippen LogP contribution in [0.2, 0.25) is 10.0 Å². The van der Waals surface area contributed by atoms with Gasteiger partial charge in [-0.25, -0.2) is 13.4 Å². The van der Waals surface area contributed by atoms with Crippen LogP contribution in [0.25, 0.3) is 0 Å². The second-order valence-electron chi connectivity index (χ2n) is 11.7. The predicted molar refractivity (Wildman–Crippen MR) is 178 cm³/mol. The average Bonchev–Trinajstić information content (AvgIpc) is 3.46. The fourth-order valence-corrected chi connectivity index (χ4v) is 6.86. The number of benzene rings is 2. The molecule has 3 aliphatic rings. The highest BCUT2D eigenvalue weighted by molar-refractivity contribution is 7.92. The molecule has 3 aliphatic heterocycles. The first kappa shape index (κ1) is 31.0. The average molecular weight is 662 g/mol. The quantitative estimate of drug-likeness (QED) is 0.349. The zero-order valence-corrected chi connectivity index (χ0v) is 27.5. The Kier molecular flexibility index (Phi) is 8.98. The van der Waals surface area contributed by atoms with E-state index in [-0.39, 0.29) is 11.0 Å². The Bertz CT molecular complexity index is 1630. The number of anilines is 6. The number of likely N-dealkylation sites (N-methyl/N-ethyl adjacent to an activating group) is 1. The second kappa shape index (κ2) is 12.8. The van der Waals surface area contributed by atoms with E-state index in [9.17, 15) is 8.42 Å². The Morgan fingerprint density at radius 3 is 2.43 bits per heavy atom. The maximum absolute atomic E-state index is 12.4. The van der Waals surface area contributed by atoms with Crippen LogP contribution in [0, 0.1) is 0 Å². The topological polar surface area (TPSA) is 106 Å². The van der Waals surface area contributed by atoms with Crippen LogP contribution in [0.4, 0.5) is 34.5 Å². The van der Waals surface area contributed by atoms with Crippen LogP contribution in [0.1, 0.15) is 18.4 Å². The number of ether oxygens (including phenoxy) is 1. The van der Waals surface area contributed by atoms with Gasteiger partial charge in [0, 0.05) is 70.5 Å². The lowest BCUT2D eigenvalue weighted by molar-refractivity contribution is 0.0982. The van der Waals surface area contributed by atoms with Gasteiger partial charge in [0.25, 0.3) is 0 Å². The van der Waals surface area contributed by atoms with Crippen LogP contribution >= 0.6 is 23.2 Å². The van der Waals surface area contributed by atoms with Crippen LogP contribution < -0.4 is 24.6 Å². The number of sulfonamides is 1. The molecule has 0 unspecified atom stereocenters. The summed E-state index contributed by atoms with van der Waals surface area (Å²) < 4.78 is 31.7. The minimum Gasteiger partial charge on any atom is -0.493 e. The normalized spacial score (nSPS) is 18.2. The van der Waals surface area contributed by atoms with Crippen molar-refractivity contribution in [3.05, 3.63) is 52.1 Å².